The maximum absolute atomic E-state index is 4.52. The zero-order valence-corrected chi connectivity index (χ0v) is 12.1. The Kier molecular flexibility index (Phi) is 4.21. The van der Waals surface area contributed by atoms with Gasteiger partial charge >= 0.3 is 0 Å². The molecule has 0 aliphatic heterocycles. The van der Waals surface area contributed by atoms with Crippen LogP contribution in [0.2, 0.25) is 0 Å². The molecule has 0 bridgehead atoms. The molecule has 0 aromatic carbocycles. The van der Waals surface area contributed by atoms with E-state index in [0.717, 1.165) is 12.5 Å². The highest BCUT2D eigenvalue weighted by Crippen LogP contribution is 2.27. The van der Waals surface area contributed by atoms with Crippen molar-refractivity contribution in [3.8, 4) is 0 Å². The van der Waals surface area contributed by atoms with Crippen LogP contribution in [-0.4, -0.2) is 11.5 Å². The van der Waals surface area contributed by atoms with E-state index in [1.54, 1.807) is 0 Å². The molecule has 2 rings (SSSR count). The van der Waals surface area contributed by atoms with E-state index in [2.05, 4.69) is 31.1 Å². The van der Waals surface area contributed by atoms with Crippen molar-refractivity contribution in [2.75, 3.05) is 6.54 Å². The third-order valence-corrected chi connectivity index (χ3v) is 4.83. The molecule has 0 saturated heterocycles. The SMILES string of the molecule is CC(C)(C)c1ncc(CNCC2CCCC2)s1. The van der Waals surface area contributed by atoms with Crippen LogP contribution in [0, 0.1) is 5.92 Å². The summed E-state index contributed by atoms with van der Waals surface area (Å²) in [7, 11) is 0. The van der Waals surface area contributed by atoms with E-state index in [0.29, 0.717) is 0 Å². The van der Waals surface area contributed by atoms with Gasteiger partial charge in [0.2, 0.25) is 0 Å². The van der Waals surface area contributed by atoms with Crippen molar-refractivity contribution in [3.63, 3.8) is 0 Å². The number of aromatic nitrogens is 1. The lowest BCUT2D eigenvalue weighted by Gasteiger charge is -2.13. The van der Waals surface area contributed by atoms with Gasteiger partial charge in [0.1, 0.15) is 0 Å². The van der Waals surface area contributed by atoms with Crippen molar-refractivity contribution in [2.24, 2.45) is 5.92 Å². The van der Waals surface area contributed by atoms with Gasteiger partial charge in [-0.05, 0) is 25.3 Å². The molecule has 0 amide bonds. The minimum Gasteiger partial charge on any atom is -0.312 e. The van der Waals surface area contributed by atoms with Gasteiger partial charge in [-0.3, -0.25) is 0 Å². The van der Waals surface area contributed by atoms with E-state index in [1.165, 1.54) is 42.1 Å². The summed E-state index contributed by atoms with van der Waals surface area (Å²) in [6.07, 6.45) is 7.74. The standard InChI is InChI=1S/C14H24N2S/c1-14(2,3)13-16-10-12(17-13)9-15-8-11-6-4-5-7-11/h10-11,15H,4-9H2,1-3H3. The Balaban J connectivity index is 1.77. The highest BCUT2D eigenvalue weighted by atomic mass is 32.1. The smallest absolute Gasteiger partial charge is 0.0981 e. The van der Waals surface area contributed by atoms with Crippen LogP contribution < -0.4 is 5.32 Å². The second-order valence-electron chi connectivity index (χ2n) is 6.16. The van der Waals surface area contributed by atoms with Gasteiger partial charge in [0.25, 0.3) is 0 Å². The fraction of sp³-hybridized carbons (Fsp3) is 0.786. The molecule has 1 aromatic rings. The Labute approximate surface area is 109 Å². The quantitative estimate of drug-likeness (QED) is 0.883. The van der Waals surface area contributed by atoms with Crippen LogP contribution in [0.25, 0.3) is 0 Å². The first-order valence-electron chi connectivity index (χ1n) is 6.71. The van der Waals surface area contributed by atoms with Crippen molar-refractivity contribution >= 4 is 11.3 Å². The number of rotatable bonds is 4. The molecule has 1 aromatic heterocycles. The highest BCUT2D eigenvalue weighted by molar-refractivity contribution is 7.11. The van der Waals surface area contributed by atoms with E-state index >= 15 is 0 Å². The molecule has 1 aliphatic carbocycles. The molecular formula is C14H24N2S. The van der Waals surface area contributed by atoms with Crippen molar-refractivity contribution in [2.45, 2.75) is 58.4 Å². The van der Waals surface area contributed by atoms with Gasteiger partial charge in [0.05, 0.1) is 5.01 Å². The predicted octanol–water partition coefficient (Wildman–Crippen LogP) is 3.72. The average molecular weight is 252 g/mol. The minimum atomic E-state index is 0.189. The Bertz CT molecular complexity index is 345. The van der Waals surface area contributed by atoms with Crippen molar-refractivity contribution in [1.82, 2.24) is 10.3 Å². The van der Waals surface area contributed by atoms with Gasteiger partial charge in [-0.15, -0.1) is 11.3 Å². The molecule has 1 fully saturated rings. The molecule has 0 unspecified atom stereocenters. The summed E-state index contributed by atoms with van der Waals surface area (Å²) < 4.78 is 0. The minimum absolute atomic E-state index is 0.189. The van der Waals surface area contributed by atoms with Crippen LogP contribution >= 0.6 is 11.3 Å². The second-order valence-corrected chi connectivity index (χ2v) is 7.28. The first-order chi connectivity index (χ1) is 8.05. The Hall–Kier alpha value is -0.410. The number of thiazole rings is 1. The van der Waals surface area contributed by atoms with Gasteiger partial charge in [0.15, 0.2) is 0 Å². The maximum Gasteiger partial charge on any atom is 0.0981 e. The molecule has 1 saturated carbocycles. The van der Waals surface area contributed by atoms with Crippen LogP contribution in [0.15, 0.2) is 6.20 Å². The molecule has 0 spiro atoms. The highest BCUT2D eigenvalue weighted by Gasteiger charge is 2.18. The zero-order valence-electron chi connectivity index (χ0n) is 11.3. The van der Waals surface area contributed by atoms with Gasteiger partial charge in [-0.2, -0.15) is 0 Å². The van der Waals surface area contributed by atoms with Crippen LogP contribution in [0.3, 0.4) is 0 Å². The molecule has 0 radical (unpaired) electrons. The van der Waals surface area contributed by atoms with Gasteiger partial charge in [-0.25, -0.2) is 4.98 Å². The van der Waals surface area contributed by atoms with Crippen molar-refractivity contribution in [1.29, 1.82) is 0 Å². The summed E-state index contributed by atoms with van der Waals surface area (Å²) in [4.78, 5) is 5.88. The second kappa shape index (κ2) is 5.49. The fourth-order valence-corrected chi connectivity index (χ4v) is 3.29. The summed E-state index contributed by atoms with van der Waals surface area (Å²) in [6.45, 7) is 8.84. The van der Waals surface area contributed by atoms with E-state index in [1.807, 2.05) is 17.5 Å². The van der Waals surface area contributed by atoms with E-state index in [4.69, 9.17) is 0 Å². The fourth-order valence-electron chi connectivity index (χ4n) is 2.35. The van der Waals surface area contributed by atoms with Crippen LogP contribution in [0.1, 0.15) is 56.3 Å². The first kappa shape index (κ1) is 13.0. The lowest BCUT2D eigenvalue weighted by Crippen LogP contribution is -2.20. The summed E-state index contributed by atoms with van der Waals surface area (Å²) in [5.41, 5.74) is 0.189. The zero-order chi connectivity index (χ0) is 12.3. The lowest BCUT2D eigenvalue weighted by molar-refractivity contribution is 0.490. The number of hydrogen-bond acceptors (Lipinski definition) is 3. The third kappa shape index (κ3) is 3.78. The number of nitrogens with zero attached hydrogens (tertiary/aromatic N) is 1. The summed E-state index contributed by atoms with van der Waals surface area (Å²) in [5, 5.41) is 4.82. The number of hydrogen-bond donors (Lipinski definition) is 1. The van der Waals surface area contributed by atoms with E-state index in [-0.39, 0.29) is 5.41 Å². The lowest BCUT2D eigenvalue weighted by atomic mass is 9.98. The number of nitrogens with one attached hydrogen (secondary N) is 1. The van der Waals surface area contributed by atoms with E-state index < -0.39 is 0 Å². The molecule has 17 heavy (non-hydrogen) atoms. The Morgan fingerprint density at radius 1 is 1.35 bits per heavy atom. The first-order valence-corrected chi connectivity index (χ1v) is 7.53. The molecule has 3 heteroatoms. The normalized spacial score (nSPS) is 17.8. The predicted molar refractivity (Wildman–Crippen MR) is 74.5 cm³/mol. The largest absolute Gasteiger partial charge is 0.312 e. The molecule has 0 atom stereocenters. The van der Waals surface area contributed by atoms with Gasteiger partial charge in [-0.1, -0.05) is 33.6 Å². The Morgan fingerprint density at radius 3 is 2.65 bits per heavy atom. The van der Waals surface area contributed by atoms with Crippen LogP contribution in [-0.2, 0) is 12.0 Å². The molecule has 1 N–H and O–H groups in total. The summed E-state index contributed by atoms with van der Waals surface area (Å²) in [6, 6.07) is 0. The van der Waals surface area contributed by atoms with Crippen molar-refractivity contribution in [3.05, 3.63) is 16.1 Å². The third-order valence-electron chi connectivity index (χ3n) is 3.40. The van der Waals surface area contributed by atoms with Gasteiger partial charge < -0.3 is 5.32 Å². The van der Waals surface area contributed by atoms with Crippen LogP contribution in [0.5, 0.6) is 0 Å². The summed E-state index contributed by atoms with van der Waals surface area (Å²) >= 11 is 1.85. The monoisotopic (exact) mass is 252 g/mol. The van der Waals surface area contributed by atoms with Crippen LogP contribution in [0.4, 0.5) is 0 Å². The summed E-state index contributed by atoms with van der Waals surface area (Å²) in [5.74, 6) is 0.921. The molecule has 1 heterocycles. The average Bonchev–Trinajstić information content (AvgIpc) is 2.86. The van der Waals surface area contributed by atoms with Crippen molar-refractivity contribution < 1.29 is 0 Å². The molecule has 2 nitrogen and oxygen atoms in total. The molecule has 96 valence electrons. The topological polar surface area (TPSA) is 24.9 Å². The van der Waals surface area contributed by atoms with E-state index in [9.17, 15) is 0 Å². The van der Waals surface area contributed by atoms with Gasteiger partial charge in [0, 0.05) is 23.0 Å². The molecular weight excluding hydrogens is 228 g/mol. The molecule has 1 aliphatic rings. The Morgan fingerprint density at radius 2 is 2.06 bits per heavy atom. The maximum atomic E-state index is 4.52.